The first kappa shape index (κ1) is 25.6. The molecule has 3 aromatic heterocycles. The third-order valence-corrected chi connectivity index (χ3v) is 10.4. The average molecular weight is 694 g/mol. The van der Waals surface area contributed by atoms with E-state index in [1.165, 1.54) is 10.8 Å². The number of rotatable bonds is 5. The van der Waals surface area contributed by atoms with Crippen molar-refractivity contribution in [3.05, 3.63) is 194 Å². The predicted octanol–water partition coefficient (Wildman–Crippen LogP) is 12.8. The first-order valence-electron chi connectivity index (χ1n) is 20.4. The highest BCUT2D eigenvalue weighted by atomic mass is 15.2. The van der Waals surface area contributed by atoms with Crippen LogP contribution in [0.15, 0.2) is 194 Å². The van der Waals surface area contributed by atoms with Crippen molar-refractivity contribution in [2.75, 3.05) is 0 Å². The number of aromatic nitrogens is 4. The van der Waals surface area contributed by atoms with Crippen molar-refractivity contribution < 1.29 is 6.85 Å². The molecule has 0 saturated heterocycles. The predicted molar refractivity (Wildman–Crippen MR) is 225 cm³/mol. The highest BCUT2D eigenvalue weighted by Crippen LogP contribution is 2.39. The number of nitrogens with zero attached hydrogens (tertiary/aromatic N) is 4. The molecular formula is C50H32N4. The molecule has 0 radical (unpaired) electrons. The number of benzene rings is 8. The second-order valence-electron chi connectivity index (χ2n) is 13.5. The Morgan fingerprint density at radius 3 is 1.74 bits per heavy atom. The summed E-state index contributed by atoms with van der Waals surface area (Å²) in [5.41, 5.74) is 10.6. The second kappa shape index (κ2) is 12.1. The van der Waals surface area contributed by atoms with Gasteiger partial charge in [-0.25, -0.2) is 9.97 Å². The van der Waals surface area contributed by atoms with Gasteiger partial charge in [-0.3, -0.25) is 4.57 Å². The van der Waals surface area contributed by atoms with Gasteiger partial charge in [0.1, 0.15) is 0 Å². The zero-order valence-corrected chi connectivity index (χ0v) is 28.9. The summed E-state index contributed by atoms with van der Waals surface area (Å²) in [6, 6.07) is 54.4. The van der Waals surface area contributed by atoms with E-state index >= 15 is 0 Å². The Morgan fingerprint density at radius 2 is 0.944 bits per heavy atom. The molecule has 0 atom stereocenters. The molecule has 8 aromatic carbocycles. The lowest BCUT2D eigenvalue weighted by Gasteiger charge is -2.13. The van der Waals surface area contributed by atoms with Crippen molar-refractivity contribution in [3.8, 4) is 45.1 Å². The molecule has 0 bridgehead atoms. The molecule has 0 saturated carbocycles. The molecule has 0 unspecified atom stereocenters. The standard InChI is InChI=1S/C50H32N4/c1-3-13-33(14-4-1)34-23-25-35(26-24-34)49-42-19-7-10-20-44(42)51-50(52-49)54-46-22-12-8-17-39(46)41-29-27-37(32-48(41)54)36-28-30-47-43(31-36)40-18-9-11-21-45(40)53(47)38-15-5-2-6-16-38/h1-32H/i1D,3D,4D,13D,14D. The lowest BCUT2D eigenvalue weighted by molar-refractivity contribution is 1.01. The summed E-state index contributed by atoms with van der Waals surface area (Å²) < 4.78 is 45.9. The fraction of sp³-hybridized carbons (Fsp3) is 0. The topological polar surface area (TPSA) is 35.6 Å². The summed E-state index contributed by atoms with van der Waals surface area (Å²) in [6.07, 6.45) is 0. The van der Waals surface area contributed by atoms with Gasteiger partial charge in [0, 0.05) is 38.2 Å². The molecule has 11 aromatic rings. The van der Waals surface area contributed by atoms with Crippen LogP contribution >= 0.6 is 0 Å². The molecule has 4 heteroatoms. The number of hydrogen-bond acceptors (Lipinski definition) is 2. The van der Waals surface area contributed by atoms with Crippen LogP contribution in [0.1, 0.15) is 6.85 Å². The van der Waals surface area contributed by atoms with Gasteiger partial charge in [0.05, 0.1) is 40.1 Å². The van der Waals surface area contributed by atoms with Crippen LogP contribution in [0.2, 0.25) is 0 Å². The average Bonchev–Trinajstić information content (AvgIpc) is 3.80. The van der Waals surface area contributed by atoms with Crippen molar-refractivity contribution in [1.29, 1.82) is 0 Å². The molecule has 0 aliphatic heterocycles. The second-order valence-corrected chi connectivity index (χ2v) is 13.5. The Bertz CT molecular complexity index is 3470. The molecule has 0 spiro atoms. The highest BCUT2D eigenvalue weighted by molar-refractivity contribution is 6.12. The molecule has 54 heavy (non-hydrogen) atoms. The van der Waals surface area contributed by atoms with Crippen LogP contribution in [0.4, 0.5) is 0 Å². The van der Waals surface area contributed by atoms with Crippen LogP contribution in [0.5, 0.6) is 0 Å². The zero-order chi connectivity index (χ0) is 39.9. The van der Waals surface area contributed by atoms with Gasteiger partial charge in [0.25, 0.3) is 0 Å². The lowest BCUT2D eigenvalue weighted by atomic mass is 10.0. The Kier molecular flexibility index (Phi) is 5.76. The Balaban J connectivity index is 1.08. The van der Waals surface area contributed by atoms with Gasteiger partial charge in [-0.15, -0.1) is 0 Å². The Labute approximate surface area is 318 Å². The van der Waals surface area contributed by atoms with Crippen molar-refractivity contribution in [1.82, 2.24) is 19.1 Å². The molecule has 4 nitrogen and oxygen atoms in total. The zero-order valence-electron chi connectivity index (χ0n) is 33.9. The quantitative estimate of drug-likeness (QED) is 0.180. The minimum atomic E-state index is -0.411. The number of fused-ring (bicyclic) bond motifs is 7. The molecular weight excluding hydrogens is 657 g/mol. The van der Waals surface area contributed by atoms with Crippen molar-refractivity contribution in [3.63, 3.8) is 0 Å². The Morgan fingerprint density at radius 1 is 0.370 bits per heavy atom. The third kappa shape index (κ3) is 4.78. The molecule has 0 aliphatic carbocycles. The van der Waals surface area contributed by atoms with Gasteiger partial charge in [-0.05, 0) is 70.8 Å². The van der Waals surface area contributed by atoms with E-state index < -0.39 is 6.04 Å². The van der Waals surface area contributed by atoms with E-state index in [0.29, 0.717) is 11.5 Å². The van der Waals surface area contributed by atoms with Crippen LogP contribution in [0.25, 0.3) is 99.7 Å². The van der Waals surface area contributed by atoms with Crippen LogP contribution < -0.4 is 0 Å². The maximum absolute atomic E-state index is 8.51. The van der Waals surface area contributed by atoms with E-state index in [0.717, 1.165) is 71.8 Å². The van der Waals surface area contributed by atoms with Gasteiger partial charge in [0.2, 0.25) is 5.95 Å². The normalized spacial score (nSPS) is 13.0. The van der Waals surface area contributed by atoms with E-state index in [9.17, 15) is 0 Å². The molecule has 11 rings (SSSR count). The molecule has 3 heterocycles. The van der Waals surface area contributed by atoms with Crippen LogP contribution in [0.3, 0.4) is 0 Å². The van der Waals surface area contributed by atoms with E-state index in [1.54, 1.807) is 12.1 Å². The van der Waals surface area contributed by atoms with E-state index in [4.69, 9.17) is 16.8 Å². The summed E-state index contributed by atoms with van der Waals surface area (Å²) in [4.78, 5) is 10.5. The van der Waals surface area contributed by atoms with E-state index in [1.807, 2.05) is 48.5 Å². The van der Waals surface area contributed by atoms with Crippen LogP contribution in [-0.4, -0.2) is 19.1 Å². The SMILES string of the molecule is [2H]c1c([2H])c([2H])c(-c2ccc(-c3nc(-n4c5ccccc5c5ccc(-c6ccc7c(c6)c6ccccc6n7-c6ccccc6)cc54)nc4ccccc34)cc2)c([2H])c1[2H]. The van der Waals surface area contributed by atoms with Crippen molar-refractivity contribution >= 4 is 54.5 Å². The first-order chi connectivity index (χ1) is 28.9. The summed E-state index contributed by atoms with van der Waals surface area (Å²) >= 11 is 0. The highest BCUT2D eigenvalue weighted by Gasteiger charge is 2.19. The largest absolute Gasteiger partial charge is 0.309 e. The van der Waals surface area contributed by atoms with Gasteiger partial charge in [-0.2, -0.15) is 0 Å². The lowest BCUT2D eigenvalue weighted by Crippen LogP contribution is -2.03. The minimum Gasteiger partial charge on any atom is -0.309 e. The number of para-hydroxylation sites is 4. The first-order valence-corrected chi connectivity index (χ1v) is 17.9. The van der Waals surface area contributed by atoms with Gasteiger partial charge < -0.3 is 4.57 Å². The molecule has 252 valence electrons. The summed E-state index contributed by atoms with van der Waals surface area (Å²) in [5.74, 6) is 0.526. The van der Waals surface area contributed by atoms with Crippen molar-refractivity contribution in [2.24, 2.45) is 0 Å². The summed E-state index contributed by atoms with van der Waals surface area (Å²) in [6.45, 7) is 0. The maximum Gasteiger partial charge on any atom is 0.235 e. The Hall–Kier alpha value is -7.30. The molecule has 0 aliphatic rings. The number of hydrogen-bond donors (Lipinski definition) is 0. The van der Waals surface area contributed by atoms with Gasteiger partial charge in [-0.1, -0.05) is 145 Å². The fourth-order valence-corrected chi connectivity index (χ4v) is 7.95. The smallest absolute Gasteiger partial charge is 0.235 e. The van der Waals surface area contributed by atoms with Crippen molar-refractivity contribution in [2.45, 2.75) is 0 Å². The molecule has 0 N–H and O–H groups in total. The minimum absolute atomic E-state index is 0.165. The maximum atomic E-state index is 8.51. The molecule has 0 amide bonds. The summed E-state index contributed by atoms with van der Waals surface area (Å²) in [5, 5.41) is 5.44. The van der Waals surface area contributed by atoms with Gasteiger partial charge in [0.15, 0.2) is 0 Å². The third-order valence-electron chi connectivity index (χ3n) is 10.4. The van der Waals surface area contributed by atoms with Crippen LogP contribution in [-0.2, 0) is 0 Å². The fourth-order valence-electron chi connectivity index (χ4n) is 7.95. The van der Waals surface area contributed by atoms with E-state index in [-0.39, 0.29) is 29.7 Å². The van der Waals surface area contributed by atoms with Gasteiger partial charge >= 0.3 is 0 Å². The molecule has 0 fully saturated rings. The van der Waals surface area contributed by atoms with Crippen LogP contribution in [0, 0.1) is 0 Å². The monoisotopic (exact) mass is 693 g/mol. The summed E-state index contributed by atoms with van der Waals surface area (Å²) in [7, 11) is 0. The van der Waals surface area contributed by atoms with E-state index in [2.05, 4.69) is 112 Å².